The zero-order valence-electron chi connectivity index (χ0n) is 13.4. The number of hydrogen-bond acceptors (Lipinski definition) is 4. The fraction of sp³-hybridized carbons (Fsp3) is 0. The fourth-order valence-electron chi connectivity index (χ4n) is 2.59. The highest BCUT2D eigenvalue weighted by molar-refractivity contribution is 14.1. The Morgan fingerprint density at radius 1 is 0.923 bits per heavy atom. The SMILES string of the molecule is O=S(=O)(c1ccccc1)n1cc(I)c2cc(Sc3ccccc3)cnc21. The van der Waals surface area contributed by atoms with Crippen molar-refractivity contribution in [1.82, 2.24) is 8.96 Å². The van der Waals surface area contributed by atoms with Crippen LogP contribution in [0.4, 0.5) is 0 Å². The number of rotatable bonds is 4. The molecule has 26 heavy (non-hydrogen) atoms. The molecule has 0 bridgehead atoms. The average Bonchev–Trinajstić information content (AvgIpc) is 3.00. The van der Waals surface area contributed by atoms with E-state index in [1.807, 2.05) is 36.4 Å². The number of hydrogen-bond donors (Lipinski definition) is 0. The lowest BCUT2D eigenvalue weighted by molar-refractivity contribution is 0.588. The quantitative estimate of drug-likeness (QED) is 0.375. The van der Waals surface area contributed by atoms with Crippen LogP contribution in [-0.4, -0.2) is 17.4 Å². The van der Waals surface area contributed by atoms with E-state index in [1.54, 1.807) is 54.5 Å². The van der Waals surface area contributed by atoms with E-state index in [4.69, 9.17) is 0 Å². The van der Waals surface area contributed by atoms with Gasteiger partial charge in [-0.2, -0.15) is 0 Å². The van der Waals surface area contributed by atoms with Crippen LogP contribution in [0.1, 0.15) is 0 Å². The number of aromatic nitrogens is 2. The molecule has 130 valence electrons. The van der Waals surface area contributed by atoms with Crippen LogP contribution in [0.5, 0.6) is 0 Å². The third-order valence-corrected chi connectivity index (χ3v) is 7.31. The first kappa shape index (κ1) is 17.6. The molecule has 0 saturated carbocycles. The van der Waals surface area contributed by atoms with Crippen LogP contribution < -0.4 is 0 Å². The third-order valence-electron chi connectivity index (χ3n) is 3.82. The van der Waals surface area contributed by atoms with Crippen LogP contribution >= 0.6 is 34.4 Å². The second-order valence-corrected chi connectivity index (χ2v) is 9.67. The summed E-state index contributed by atoms with van der Waals surface area (Å²) in [5, 5.41) is 0.825. The van der Waals surface area contributed by atoms with Gasteiger partial charge in [0.2, 0.25) is 0 Å². The van der Waals surface area contributed by atoms with Gasteiger partial charge in [0.05, 0.1) is 4.90 Å². The Hall–Kier alpha value is -1.84. The van der Waals surface area contributed by atoms with Gasteiger partial charge >= 0.3 is 0 Å². The molecule has 2 aromatic heterocycles. The fourth-order valence-corrected chi connectivity index (χ4v) is 5.65. The first-order valence-electron chi connectivity index (χ1n) is 7.76. The average molecular weight is 492 g/mol. The summed E-state index contributed by atoms with van der Waals surface area (Å²) < 4.78 is 28.0. The van der Waals surface area contributed by atoms with E-state index in [9.17, 15) is 8.42 Å². The number of pyridine rings is 1. The highest BCUT2D eigenvalue weighted by atomic mass is 127. The summed E-state index contributed by atoms with van der Waals surface area (Å²) in [4.78, 5) is 6.78. The van der Waals surface area contributed by atoms with Crippen LogP contribution in [0.3, 0.4) is 0 Å². The molecule has 0 fully saturated rings. The molecule has 2 aromatic carbocycles. The van der Waals surface area contributed by atoms with Crippen LogP contribution in [0.25, 0.3) is 11.0 Å². The van der Waals surface area contributed by atoms with Crippen molar-refractivity contribution in [3.05, 3.63) is 82.7 Å². The summed E-state index contributed by atoms with van der Waals surface area (Å²) in [6.07, 6.45) is 3.34. The van der Waals surface area contributed by atoms with Gasteiger partial charge in [0, 0.05) is 31.1 Å². The minimum Gasteiger partial charge on any atom is -0.236 e. The minimum absolute atomic E-state index is 0.248. The van der Waals surface area contributed by atoms with Crippen LogP contribution in [-0.2, 0) is 10.0 Å². The van der Waals surface area contributed by atoms with Crippen molar-refractivity contribution in [2.75, 3.05) is 0 Å². The van der Waals surface area contributed by atoms with Crippen LogP contribution in [0, 0.1) is 3.57 Å². The van der Waals surface area contributed by atoms with Gasteiger partial charge in [0.15, 0.2) is 5.65 Å². The van der Waals surface area contributed by atoms with Crippen LogP contribution in [0.2, 0.25) is 0 Å². The molecule has 0 saturated heterocycles. The van der Waals surface area contributed by atoms with Gasteiger partial charge in [0.25, 0.3) is 10.0 Å². The zero-order valence-corrected chi connectivity index (χ0v) is 17.2. The van der Waals surface area contributed by atoms with Crippen molar-refractivity contribution in [3.8, 4) is 0 Å². The maximum atomic E-state index is 13.0. The summed E-state index contributed by atoms with van der Waals surface area (Å²) in [5.74, 6) is 0. The van der Waals surface area contributed by atoms with Gasteiger partial charge in [-0.05, 0) is 52.9 Å². The second-order valence-electron chi connectivity index (χ2n) is 5.55. The van der Waals surface area contributed by atoms with Gasteiger partial charge in [-0.3, -0.25) is 0 Å². The topological polar surface area (TPSA) is 52.0 Å². The summed E-state index contributed by atoms with van der Waals surface area (Å²) in [6.45, 7) is 0. The first-order valence-corrected chi connectivity index (χ1v) is 11.1. The number of halogens is 1. The Morgan fingerprint density at radius 3 is 2.27 bits per heavy atom. The van der Waals surface area contributed by atoms with Gasteiger partial charge in [-0.1, -0.05) is 48.2 Å². The smallest absolute Gasteiger partial charge is 0.236 e. The molecular formula is C19H13IN2O2S2. The van der Waals surface area contributed by atoms with Crippen molar-refractivity contribution in [2.24, 2.45) is 0 Å². The number of benzene rings is 2. The van der Waals surface area contributed by atoms with Crippen molar-refractivity contribution in [2.45, 2.75) is 14.7 Å². The van der Waals surface area contributed by atoms with E-state index >= 15 is 0 Å². The Morgan fingerprint density at radius 2 is 1.58 bits per heavy atom. The maximum absolute atomic E-state index is 13.0. The molecule has 0 N–H and O–H groups in total. The molecule has 0 radical (unpaired) electrons. The number of fused-ring (bicyclic) bond motifs is 1. The molecule has 7 heteroatoms. The van der Waals surface area contributed by atoms with Crippen molar-refractivity contribution < 1.29 is 8.42 Å². The second kappa shape index (κ2) is 7.05. The van der Waals surface area contributed by atoms with Gasteiger partial charge in [-0.25, -0.2) is 17.4 Å². The normalized spacial score (nSPS) is 11.7. The molecule has 0 atom stereocenters. The van der Waals surface area contributed by atoms with E-state index in [0.717, 1.165) is 18.7 Å². The highest BCUT2D eigenvalue weighted by Gasteiger charge is 2.21. The van der Waals surface area contributed by atoms with Gasteiger partial charge < -0.3 is 0 Å². The summed E-state index contributed by atoms with van der Waals surface area (Å²) in [5.41, 5.74) is 0.440. The molecule has 0 spiro atoms. The standard InChI is InChI=1S/C19H13IN2O2S2/c20-18-13-22(26(23,24)16-9-5-2-6-10-16)19-17(18)11-15(12-21-19)25-14-7-3-1-4-8-14/h1-13H. The lowest BCUT2D eigenvalue weighted by atomic mass is 10.3. The van der Waals surface area contributed by atoms with Crippen molar-refractivity contribution in [3.63, 3.8) is 0 Å². The molecule has 0 aliphatic rings. The van der Waals surface area contributed by atoms with E-state index in [2.05, 4.69) is 27.6 Å². The molecule has 0 unspecified atom stereocenters. The molecule has 4 rings (SSSR count). The van der Waals surface area contributed by atoms with Crippen LogP contribution in [0.15, 0.2) is 93.8 Å². The predicted octanol–water partition coefficient (Wildman–Crippen LogP) is 5.03. The minimum atomic E-state index is -3.67. The van der Waals surface area contributed by atoms with E-state index < -0.39 is 10.0 Å². The maximum Gasteiger partial charge on any atom is 0.269 e. The molecule has 0 amide bonds. The molecular weight excluding hydrogens is 479 g/mol. The predicted molar refractivity (Wildman–Crippen MR) is 112 cm³/mol. The molecule has 4 aromatic rings. The van der Waals surface area contributed by atoms with Crippen molar-refractivity contribution >= 4 is 55.4 Å². The summed E-state index contributed by atoms with van der Waals surface area (Å²) in [7, 11) is -3.67. The highest BCUT2D eigenvalue weighted by Crippen LogP contribution is 2.32. The Labute approximate surface area is 169 Å². The summed E-state index contributed by atoms with van der Waals surface area (Å²) in [6, 6.07) is 20.4. The van der Waals surface area contributed by atoms with Gasteiger partial charge in [0.1, 0.15) is 0 Å². The van der Waals surface area contributed by atoms with E-state index in [1.165, 1.54) is 3.97 Å². The Balaban J connectivity index is 1.79. The van der Waals surface area contributed by atoms with Gasteiger partial charge in [-0.15, -0.1) is 0 Å². The third kappa shape index (κ3) is 3.26. The molecule has 0 aliphatic carbocycles. The molecule has 2 heterocycles. The van der Waals surface area contributed by atoms with E-state index in [-0.39, 0.29) is 4.90 Å². The summed E-state index contributed by atoms with van der Waals surface area (Å²) >= 11 is 3.75. The first-order chi connectivity index (χ1) is 12.6. The lowest BCUT2D eigenvalue weighted by Gasteiger charge is -2.07. The monoisotopic (exact) mass is 492 g/mol. The van der Waals surface area contributed by atoms with E-state index in [0.29, 0.717) is 5.65 Å². The largest absolute Gasteiger partial charge is 0.269 e. The lowest BCUT2D eigenvalue weighted by Crippen LogP contribution is -2.12. The van der Waals surface area contributed by atoms with Crippen molar-refractivity contribution in [1.29, 1.82) is 0 Å². The Kier molecular flexibility index (Phi) is 4.76. The number of nitrogens with zero attached hydrogens (tertiary/aromatic N) is 2. The Bertz CT molecular complexity index is 1170. The molecule has 0 aliphatic heterocycles. The molecule has 4 nitrogen and oxygen atoms in total. The zero-order chi connectivity index (χ0) is 18.1.